The molecule has 0 unspecified atom stereocenters. The van der Waals surface area contributed by atoms with Gasteiger partial charge in [-0.1, -0.05) is 18.5 Å². The van der Waals surface area contributed by atoms with Gasteiger partial charge < -0.3 is 9.64 Å². The van der Waals surface area contributed by atoms with E-state index in [0.717, 1.165) is 6.07 Å². The van der Waals surface area contributed by atoms with Gasteiger partial charge >= 0.3 is 5.97 Å². The SMILES string of the molecule is CCCN(CC(=O)OCC)C(=O)c1cc(Cl)ccc1F. The van der Waals surface area contributed by atoms with Crippen LogP contribution in [0, 0.1) is 5.82 Å². The first-order valence-electron chi connectivity index (χ1n) is 6.39. The molecule has 0 aliphatic heterocycles. The van der Waals surface area contributed by atoms with Gasteiger partial charge in [-0.15, -0.1) is 0 Å². The van der Waals surface area contributed by atoms with Crippen molar-refractivity contribution in [2.75, 3.05) is 19.7 Å². The van der Waals surface area contributed by atoms with Crippen LogP contribution in [0.4, 0.5) is 4.39 Å². The summed E-state index contributed by atoms with van der Waals surface area (Å²) in [7, 11) is 0. The second-order valence-electron chi connectivity index (χ2n) is 4.16. The van der Waals surface area contributed by atoms with E-state index in [1.165, 1.54) is 17.0 Å². The molecule has 110 valence electrons. The maximum Gasteiger partial charge on any atom is 0.325 e. The van der Waals surface area contributed by atoms with E-state index < -0.39 is 17.7 Å². The number of carbonyl (C=O) groups excluding carboxylic acids is 2. The van der Waals surface area contributed by atoms with Crippen molar-refractivity contribution < 1.29 is 18.7 Å². The van der Waals surface area contributed by atoms with Gasteiger partial charge in [-0.2, -0.15) is 0 Å². The number of ether oxygens (including phenoxy) is 1. The van der Waals surface area contributed by atoms with Gasteiger partial charge in [0.25, 0.3) is 5.91 Å². The van der Waals surface area contributed by atoms with Gasteiger partial charge in [0, 0.05) is 11.6 Å². The molecule has 1 aromatic rings. The number of carbonyl (C=O) groups is 2. The highest BCUT2D eigenvalue weighted by atomic mass is 35.5. The lowest BCUT2D eigenvalue weighted by molar-refractivity contribution is -0.143. The van der Waals surface area contributed by atoms with E-state index in [-0.39, 0.29) is 23.7 Å². The Morgan fingerprint density at radius 2 is 2.05 bits per heavy atom. The summed E-state index contributed by atoms with van der Waals surface area (Å²) in [5.74, 6) is -1.75. The summed E-state index contributed by atoms with van der Waals surface area (Å²) in [4.78, 5) is 25.0. The lowest BCUT2D eigenvalue weighted by atomic mass is 10.1. The fourth-order valence-corrected chi connectivity index (χ4v) is 1.89. The van der Waals surface area contributed by atoms with Crippen molar-refractivity contribution in [1.82, 2.24) is 4.90 Å². The summed E-state index contributed by atoms with van der Waals surface area (Å²) >= 11 is 5.77. The summed E-state index contributed by atoms with van der Waals surface area (Å²) < 4.78 is 18.5. The Morgan fingerprint density at radius 1 is 1.35 bits per heavy atom. The molecule has 0 aliphatic rings. The Kier molecular flexibility index (Phi) is 6.45. The number of hydrogen-bond donors (Lipinski definition) is 0. The first kappa shape index (κ1) is 16.4. The van der Waals surface area contributed by atoms with Gasteiger partial charge in [-0.3, -0.25) is 9.59 Å². The van der Waals surface area contributed by atoms with Crippen LogP contribution in [0.15, 0.2) is 18.2 Å². The van der Waals surface area contributed by atoms with E-state index >= 15 is 0 Å². The average molecular weight is 302 g/mol. The van der Waals surface area contributed by atoms with Crippen molar-refractivity contribution in [2.45, 2.75) is 20.3 Å². The van der Waals surface area contributed by atoms with E-state index in [4.69, 9.17) is 16.3 Å². The third-order valence-corrected chi connectivity index (χ3v) is 2.80. The highest BCUT2D eigenvalue weighted by Gasteiger charge is 2.21. The van der Waals surface area contributed by atoms with Crippen molar-refractivity contribution in [3.63, 3.8) is 0 Å². The number of amides is 1. The molecule has 1 amide bonds. The van der Waals surface area contributed by atoms with Crippen molar-refractivity contribution in [3.05, 3.63) is 34.6 Å². The molecule has 0 aliphatic carbocycles. The van der Waals surface area contributed by atoms with Crippen LogP contribution in [0.1, 0.15) is 30.6 Å². The lowest BCUT2D eigenvalue weighted by Gasteiger charge is -2.21. The zero-order valence-corrected chi connectivity index (χ0v) is 12.2. The second-order valence-corrected chi connectivity index (χ2v) is 4.59. The van der Waals surface area contributed by atoms with Gasteiger partial charge in [-0.05, 0) is 31.5 Å². The maximum absolute atomic E-state index is 13.7. The maximum atomic E-state index is 13.7. The molecule has 20 heavy (non-hydrogen) atoms. The van der Waals surface area contributed by atoms with E-state index in [9.17, 15) is 14.0 Å². The van der Waals surface area contributed by atoms with Gasteiger partial charge in [0.1, 0.15) is 12.4 Å². The van der Waals surface area contributed by atoms with E-state index in [1.807, 2.05) is 6.92 Å². The Balaban J connectivity index is 2.93. The average Bonchev–Trinajstić information content (AvgIpc) is 2.40. The number of benzene rings is 1. The smallest absolute Gasteiger partial charge is 0.325 e. The highest BCUT2D eigenvalue weighted by molar-refractivity contribution is 6.31. The Hall–Kier alpha value is -1.62. The first-order chi connectivity index (χ1) is 9.49. The molecule has 1 rings (SSSR count). The summed E-state index contributed by atoms with van der Waals surface area (Å²) in [6.07, 6.45) is 0.646. The van der Waals surface area contributed by atoms with Crippen LogP contribution in [-0.4, -0.2) is 36.5 Å². The molecule has 0 fully saturated rings. The fourth-order valence-electron chi connectivity index (χ4n) is 1.72. The number of nitrogens with zero attached hydrogens (tertiary/aromatic N) is 1. The highest BCUT2D eigenvalue weighted by Crippen LogP contribution is 2.17. The summed E-state index contributed by atoms with van der Waals surface area (Å²) in [5, 5.41) is 0.266. The quantitative estimate of drug-likeness (QED) is 0.759. The van der Waals surface area contributed by atoms with Gasteiger partial charge in [0.05, 0.1) is 12.2 Å². The van der Waals surface area contributed by atoms with Gasteiger partial charge in [0.15, 0.2) is 0 Å². The topological polar surface area (TPSA) is 46.6 Å². The minimum atomic E-state index is -0.663. The normalized spacial score (nSPS) is 10.2. The molecule has 0 bridgehead atoms. The van der Waals surface area contributed by atoms with E-state index in [1.54, 1.807) is 6.92 Å². The lowest BCUT2D eigenvalue weighted by Crippen LogP contribution is -2.37. The Morgan fingerprint density at radius 3 is 2.65 bits per heavy atom. The molecule has 1 aromatic carbocycles. The summed E-state index contributed by atoms with van der Waals surface area (Å²) in [6, 6.07) is 3.75. The third kappa shape index (κ3) is 4.49. The Bertz CT molecular complexity index is 493. The Labute approximate surface area is 122 Å². The fraction of sp³-hybridized carbons (Fsp3) is 0.429. The monoisotopic (exact) mass is 301 g/mol. The minimum Gasteiger partial charge on any atom is -0.465 e. The van der Waals surface area contributed by atoms with Crippen LogP contribution < -0.4 is 0 Å². The molecular formula is C14H17ClFNO3. The van der Waals surface area contributed by atoms with Crippen molar-refractivity contribution in [1.29, 1.82) is 0 Å². The summed E-state index contributed by atoms with van der Waals surface area (Å²) in [6.45, 7) is 3.91. The molecule has 0 saturated carbocycles. The predicted molar refractivity (Wildman–Crippen MR) is 74.2 cm³/mol. The van der Waals surface area contributed by atoms with Crippen LogP contribution in [-0.2, 0) is 9.53 Å². The van der Waals surface area contributed by atoms with Crippen LogP contribution in [0.5, 0.6) is 0 Å². The molecule has 0 saturated heterocycles. The number of hydrogen-bond acceptors (Lipinski definition) is 3. The molecule has 0 N–H and O–H groups in total. The standard InChI is InChI=1S/C14H17ClFNO3/c1-3-7-17(9-13(18)20-4-2)14(19)11-8-10(15)5-6-12(11)16/h5-6,8H,3-4,7,9H2,1-2H3. The first-order valence-corrected chi connectivity index (χ1v) is 6.77. The molecule has 0 heterocycles. The van der Waals surface area contributed by atoms with Crippen LogP contribution in [0.3, 0.4) is 0 Å². The number of esters is 1. The minimum absolute atomic E-state index is 0.143. The zero-order chi connectivity index (χ0) is 15.1. The van der Waals surface area contributed by atoms with Crippen LogP contribution >= 0.6 is 11.6 Å². The van der Waals surface area contributed by atoms with Gasteiger partial charge in [-0.25, -0.2) is 4.39 Å². The number of halogens is 2. The zero-order valence-electron chi connectivity index (χ0n) is 11.5. The molecule has 0 aromatic heterocycles. The predicted octanol–water partition coefficient (Wildman–Crippen LogP) is 2.89. The van der Waals surface area contributed by atoms with Crippen molar-refractivity contribution in [2.24, 2.45) is 0 Å². The molecule has 6 heteroatoms. The molecule has 0 spiro atoms. The van der Waals surface area contributed by atoms with Crippen molar-refractivity contribution >= 4 is 23.5 Å². The summed E-state index contributed by atoms with van der Waals surface area (Å²) in [5.41, 5.74) is -0.143. The van der Waals surface area contributed by atoms with E-state index in [2.05, 4.69) is 0 Å². The second kappa shape index (κ2) is 7.85. The van der Waals surface area contributed by atoms with Crippen LogP contribution in [0.2, 0.25) is 5.02 Å². The van der Waals surface area contributed by atoms with Gasteiger partial charge in [0.2, 0.25) is 0 Å². The molecule has 4 nitrogen and oxygen atoms in total. The molecule has 0 atom stereocenters. The van der Waals surface area contributed by atoms with Crippen LogP contribution in [0.25, 0.3) is 0 Å². The third-order valence-electron chi connectivity index (χ3n) is 2.56. The van der Waals surface area contributed by atoms with E-state index in [0.29, 0.717) is 13.0 Å². The molecular weight excluding hydrogens is 285 g/mol. The molecule has 0 radical (unpaired) electrons. The van der Waals surface area contributed by atoms with Crippen molar-refractivity contribution in [3.8, 4) is 0 Å². The largest absolute Gasteiger partial charge is 0.465 e. The number of rotatable bonds is 6.